The van der Waals surface area contributed by atoms with E-state index in [9.17, 15) is 9.59 Å². The number of rotatable bonds is 3. The molecule has 1 aromatic heterocycles. The number of aryl methyl sites for hydroxylation is 1. The number of hydrogen-bond acceptors (Lipinski definition) is 3. The van der Waals surface area contributed by atoms with Crippen LogP contribution in [0.1, 0.15) is 26.3 Å². The van der Waals surface area contributed by atoms with E-state index < -0.39 is 6.04 Å². The van der Waals surface area contributed by atoms with Crippen LogP contribution >= 0.6 is 0 Å². The fraction of sp³-hybridized carbons (Fsp3) is 0.625. The fourth-order valence-corrected chi connectivity index (χ4v) is 1.09. The van der Waals surface area contributed by atoms with Crippen molar-refractivity contribution in [3.63, 3.8) is 0 Å². The van der Waals surface area contributed by atoms with Gasteiger partial charge in [0.15, 0.2) is 5.78 Å². The summed E-state index contributed by atoms with van der Waals surface area (Å²) in [6.07, 6.45) is 1.83. The minimum atomic E-state index is -0.460. The van der Waals surface area contributed by atoms with Gasteiger partial charge in [-0.2, -0.15) is 5.10 Å². The van der Waals surface area contributed by atoms with Gasteiger partial charge in [-0.15, -0.1) is 0 Å². The molecule has 1 rings (SSSR count). The first kappa shape index (κ1) is 9.70. The molecule has 0 aliphatic carbocycles. The molecule has 0 bridgehead atoms. The Morgan fingerprint density at radius 2 is 2.31 bits per heavy atom. The van der Waals surface area contributed by atoms with Gasteiger partial charge in [-0.1, -0.05) is 6.92 Å². The highest BCUT2D eigenvalue weighted by molar-refractivity contribution is 5.81. The van der Waals surface area contributed by atoms with Crippen molar-refractivity contribution in [1.82, 2.24) is 14.3 Å². The van der Waals surface area contributed by atoms with E-state index in [1.807, 2.05) is 0 Å². The van der Waals surface area contributed by atoms with Crippen molar-refractivity contribution in [3.05, 3.63) is 16.8 Å². The lowest BCUT2D eigenvalue weighted by Gasteiger charge is -2.06. The van der Waals surface area contributed by atoms with E-state index >= 15 is 0 Å². The lowest BCUT2D eigenvalue weighted by atomic mass is 10.2. The van der Waals surface area contributed by atoms with Crippen molar-refractivity contribution in [2.75, 3.05) is 0 Å². The third-order valence-electron chi connectivity index (χ3n) is 2.03. The lowest BCUT2D eigenvalue weighted by Crippen LogP contribution is -2.29. The van der Waals surface area contributed by atoms with Crippen LogP contribution in [0.5, 0.6) is 0 Å². The Labute approximate surface area is 76.0 Å². The zero-order valence-electron chi connectivity index (χ0n) is 8.02. The van der Waals surface area contributed by atoms with Crippen LogP contribution in [-0.4, -0.2) is 20.1 Å². The highest BCUT2D eigenvalue weighted by Crippen LogP contribution is 2.03. The van der Waals surface area contributed by atoms with Crippen molar-refractivity contribution in [1.29, 1.82) is 0 Å². The maximum Gasteiger partial charge on any atom is 0.346 e. The van der Waals surface area contributed by atoms with E-state index in [0.29, 0.717) is 6.42 Å². The molecule has 0 N–H and O–H groups in total. The molecule has 1 unspecified atom stereocenters. The van der Waals surface area contributed by atoms with Crippen LogP contribution in [0.4, 0.5) is 0 Å². The standard InChI is InChI=1S/C8H13N3O2/c1-4-7(12)6(2)11-8(13)10(3)5-9-11/h5-6H,4H2,1-3H3. The van der Waals surface area contributed by atoms with Crippen LogP contribution in [0.25, 0.3) is 0 Å². The largest absolute Gasteiger partial charge is 0.346 e. The highest BCUT2D eigenvalue weighted by Gasteiger charge is 2.16. The second-order valence-electron chi connectivity index (χ2n) is 2.96. The Bertz CT molecular complexity index is 364. The van der Waals surface area contributed by atoms with E-state index in [-0.39, 0.29) is 11.5 Å². The summed E-state index contributed by atoms with van der Waals surface area (Å²) in [6, 6.07) is -0.460. The lowest BCUT2D eigenvalue weighted by molar-refractivity contribution is -0.121. The van der Waals surface area contributed by atoms with Gasteiger partial charge < -0.3 is 0 Å². The number of nitrogens with zero attached hydrogens (tertiary/aromatic N) is 3. The first-order chi connectivity index (χ1) is 6.07. The summed E-state index contributed by atoms with van der Waals surface area (Å²) in [7, 11) is 1.61. The molecule has 0 amide bonds. The summed E-state index contributed by atoms with van der Waals surface area (Å²) in [5.74, 6) is 0.0146. The average molecular weight is 183 g/mol. The zero-order chi connectivity index (χ0) is 10.0. The molecule has 0 saturated carbocycles. The molecule has 5 nitrogen and oxygen atoms in total. The molecule has 0 aromatic carbocycles. The van der Waals surface area contributed by atoms with E-state index in [4.69, 9.17) is 0 Å². The minimum Gasteiger partial charge on any atom is -0.297 e. The van der Waals surface area contributed by atoms with Gasteiger partial charge in [-0.05, 0) is 6.92 Å². The van der Waals surface area contributed by atoms with E-state index in [0.717, 1.165) is 0 Å². The zero-order valence-corrected chi connectivity index (χ0v) is 8.02. The molecule has 0 aliphatic heterocycles. The maximum atomic E-state index is 11.3. The molecule has 0 spiro atoms. The summed E-state index contributed by atoms with van der Waals surface area (Å²) in [5, 5.41) is 3.83. The summed E-state index contributed by atoms with van der Waals surface area (Å²) in [4.78, 5) is 22.6. The fourth-order valence-electron chi connectivity index (χ4n) is 1.09. The quantitative estimate of drug-likeness (QED) is 0.668. The average Bonchev–Trinajstić information content (AvgIpc) is 2.45. The number of ketones is 1. The van der Waals surface area contributed by atoms with Crippen LogP contribution in [0.2, 0.25) is 0 Å². The molecular weight excluding hydrogens is 170 g/mol. The van der Waals surface area contributed by atoms with Gasteiger partial charge in [0.2, 0.25) is 0 Å². The summed E-state index contributed by atoms with van der Waals surface area (Å²) in [5.41, 5.74) is -0.255. The first-order valence-corrected chi connectivity index (χ1v) is 4.20. The Morgan fingerprint density at radius 1 is 1.69 bits per heavy atom. The SMILES string of the molecule is CCC(=O)C(C)n1ncn(C)c1=O. The maximum absolute atomic E-state index is 11.3. The van der Waals surface area contributed by atoms with Gasteiger partial charge >= 0.3 is 5.69 Å². The monoisotopic (exact) mass is 183 g/mol. The molecule has 1 atom stereocenters. The predicted molar refractivity (Wildman–Crippen MR) is 47.5 cm³/mol. The molecule has 72 valence electrons. The summed E-state index contributed by atoms with van der Waals surface area (Å²) >= 11 is 0. The predicted octanol–water partition coefficient (Wildman–Crippen LogP) is 0.122. The van der Waals surface area contributed by atoms with Crippen LogP contribution in [-0.2, 0) is 11.8 Å². The van der Waals surface area contributed by atoms with Crippen molar-refractivity contribution < 1.29 is 4.79 Å². The topological polar surface area (TPSA) is 56.9 Å². The number of hydrogen-bond donors (Lipinski definition) is 0. The molecule has 0 saturated heterocycles. The minimum absolute atomic E-state index is 0.0146. The third kappa shape index (κ3) is 1.68. The van der Waals surface area contributed by atoms with Crippen molar-refractivity contribution in [2.24, 2.45) is 7.05 Å². The Balaban J connectivity index is 3.02. The normalized spacial score (nSPS) is 12.8. The third-order valence-corrected chi connectivity index (χ3v) is 2.03. The van der Waals surface area contributed by atoms with E-state index in [2.05, 4.69) is 5.10 Å². The second-order valence-corrected chi connectivity index (χ2v) is 2.96. The van der Waals surface area contributed by atoms with Gasteiger partial charge in [0.25, 0.3) is 0 Å². The van der Waals surface area contributed by atoms with Crippen LogP contribution in [0, 0.1) is 0 Å². The molecule has 1 aromatic rings. The summed E-state index contributed by atoms with van der Waals surface area (Å²) < 4.78 is 2.55. The molecule has 5 heteroatoms. The number of aromatic nitrogens is 3. The molecule has 13 heavy (non-hydrogen) atoms. The highest BCUT2D eigenvalue weighted by atomic mass is 16.2. The first-order valence-electron chi connectivity index (χ1n) is 4.20. The number of carbonyl (C=O) groups excluding carboxylic acids is 1. The molecule has 1 heterocycles. The smallest absolute Gasteiger partial charge is 0.297 e. The van der Waals surface area contributed by atoms with Crippen LogP contribution in [0.3, 0.4) is 0 Å². The molecular formula is C8H13N3O2. The van der Waals surface area contributed by atoms with Crippen molar-refractivity contribution >= 4 is 5.78 Å². The Hall–Kier alpha value is -1.39. The van der Waals surface area contributed by atoms with Gasteiger partial charge in [0, 0.05) is 13.5 Å². The molecule has 0 fully saturated rings. The van der Waals surface area contributed by atoms with Crippen LogP contribution < -0.4 is 5.69 Å². The van der Waals surface area contributed by atoms with Gasteiger partial charge in [0.05, 0.1) is 0 Å². The summed E-state index contributed by atoms with van der Waals surface area (Å²) in [6.45, 7) is 3.45. The van der Waals surface area contributed by atoms with Crippen molar-refractivity contribution in [3.8, 4) is 0 Å². The van der Waals surface area contributed by atoms with E-state index in [1.165, 1.54) is 15.6 Å². The number of carbonyl (C=O) groups is 1. The Kier molecular flexibility index (Phi) is 2.65. The number of Topliss-reactive ketones (excluding diaryl/α,β-unsaturated/α-hetero) is 1. The molecule has 0 radical (unpaired) electrons. The molecule has 0 aliphatic rings. The van der Waals surface area contributed by atoms with Crippen molar-refractivity contribution in [2.45, 2.75) is 26.3 Å². The van der Waals surface area contributed by atoms with Gasteiger partial charge in [0.1, 0.15) is 12.4 Å². The Morgan fingerprint density at radius 3 is 2.69 bits per heavy atom. The van der Waals surface area contributed by atoms with Gasteiger partial charge in [-0.25, -0.2) is 9.48 Å². The van der Waals surface area contributed by atoms with E-state index in [1.54, 1.807) is 20.9 Å². The van der Waals surface area contributed by atoms with Crippen LogP contribution in [0.15, 0.2) is 11.1 Å². The second kappa shape index (κ2) is 3.55. The van der Waals surface area contributed by atoms with Gasteiger partial charge in [-0.3, -0.25) is 9.36 Å².